The molecule has 1 aromatic rings. The van der Waals surface area contributed by atoms with Crippen molar-refractivity contribution in [3.8, 4) is 0 Å². The van der Waals surface area contributed by atoms with E-state index in [0.717, 1.165) is 12.1 Å². The molecule has 0 spiro atoms. The maximum Gasteiger partial charge on any atom is 0.416 e. The van der Waals surface area contributed by atoms with Gasteiger partial charge in [-0.2, -0.15) is 13.2 Å². The van der Waals surface area contributed by atoms with Crippen molar-refractivity contribution in [3.63, 3.8) is 0 Å². The highest BCUT2D eigenvalue weighted by atomic mass is 19.4. The Labute approximate surface area is 174 Å². The Morgan fingerprint density at radius 2 is 1.83 bits per heavy atom. The molecule has 30 heavy (non-hydrogen) atoms. The zero-order valence-electron chi connectivity index (χ0n) is 17.6. The number of carbonyl (C=O) groups is 2. The molecule has 2 saturated heterocycles. The summed E-state index contributed by atoms with van der Waals surface area (Å²) in [7, 11) is 0. The van der Waals surface area contributed by atoms with Crippen LogP contribution < -0.4 is 0 Å². The second kappa shape index (κ2) is 8.21. The van der Waals surface area contributed by atoms with Gasteiger partial charge in [0.15, 0.2) is 0 Å². The van der Waals surface area contributed by atoms with Gasteiger partial charge in [-0.1, -0.05) is 32.9 Å². The molecule has 2 aliphatic heterocycles. The largest absolute Gasteiger partial charge is 0.416 e. The average molecular weight is 426 g/mol. The topological polar surface area (TPSA) is 60.9 Å². The van der Waals surface area contributed by atoms with Gasteiger partial charge in [0.1, 0.15) is 0 Å². The highest BCUT2D eigenvalue weighted by molar-refractivity contribution is 5.84. The summed E-state index contributed by atoms with van der Waals surface area (Å²) in [6.07, 6.45) is -3.74. The molecule has 8 heteroatoms. The minimum absolute atomic E-state index is 0.0177. The van der Waals surface area contributed by atoms with Crippen LogP contribution in [-0.4, -0.2) is 52.5 Å². The number of amides is 2. The number of alkyl halides is 3. The van der Waals surface area contributed by atoms with E-state index in [0.29, 0.717) is 31.5 Å². The fourth-order valence-corrected chi connectivity index (χ4v) is 4.37. The lowest BCUT2D eigenvalue weighted by Gasteiger charge is -2.38. The standard InChI is InChI=1S/C22H29F3N2O3/c1-21(2,3)20(30)26-9-5-7-15(12-26)19(29)27-13-17(28)11-18(27)14-6-4-8-16(10-14)22(23,24)25/h4,6,8,10,15,17-18,28H,5,7,9,11-13H2,1-3H3/t15-,17+,18+/m0/s1. The van der Waals surface area contributed by atoms with Crippen LogP contribution in [0.1, 0.15) is 57.2 Å². The molecular formula is C22H29F3N2O3. The van der Waals surface area contributed by atoms with Crippen molar-refractivity contribution in [2.75, 3.05) is 19.6 Å². The Hall–Kier alpha value is -2.09. The molecule has 3 rings (SSSR count). The molecule has 5 nitrogen and oxygen atoms in total. The predicted molar refractivity (Wildman–Crippen MR) is 105 cm³/mol. The van der Waals surface area contributed by atoms with Crippen LogP contribution in [0.2, 0.25) is 0 Å². The van der Waals surface area contributed by atoms with Crippen molar-refractivity contribution in [2.24, 2.45) is 11.3 Å². The number of β-amino-alcohol motifs (C(OH)–C–C–N with tert-alkyl or cyclic N) is 1. The second-order valence-electron chi connectivity index (χ2n) is 9.36. The smallest absolute Gasteiger partial charge is 0.391 e. The summed E-state index contributed by atoms with van der Waals surface area (Å²) in [5.41, 5.74) is -0.948. The molecule has 2 aliphatic rings. The van der Waals surface area contributed by atoms with Crippen molar-refractivity contribution in [1.82, 2.24) is 9.80 Å². The molecule has 0 aliphatic carbocycles. The SMILES string of the molecule is CC(C)(C)C(=O)N1CCC[C@H](C(=O)N2C[C@H](O)C[C@@H]2c2cccc(C(F)(F)F)c2)C1. The van der Waals surface area contributed by atoms with Crippen molar-refractivity contribution >= 4 is 11.8 Å². The third-order valence-electron chi connectivity index (χ3n) is 5.86. The second-order valence-corrected chi connectivity index (χ2v) is 9.36. The molecule has 0 aromatic heterocycles. The van der Waals surface area contributed by atoms with Crippen molar-refractivity contribution < 1.29 is 27.9 Å². The maximum atomic E-state index is 13.3. The zero-order valence-corrected chi connectivity index (χ0v) is 17.6. The van der Waals surface area contributed by atoms with Crippen LogP contribution in [0.4, 0.5) is 13.2 Å². The highest BCUT2D eigenvalue weighted by Gasteiger charge is 2.41. The van der Waals surface area contributed by atoms with Gasteiger partial charge in [0.2, 0.25) is 11.8 Å². The van der Waals surface area contributed by atoms with Crippen LogP contribution in [0.5, 0.6) is 0 Å². The summed E-state index contributed by atoms with van der Waals surface area (Å²) in [5, 5.41) is 10.2. The van der Waals surface area contributed by atoms with Crippen molar-refractivity contribution in [1.29, 1.82) is 0 Å². The summed E-state index contributed by atoms with van der Waals surface area (Å²) in [4.78, 5) is 29.1. The van der Waals surface area contributed by atoms with Gasteiger partial charge in [-0.25, -0.2) is 0 Å². The molecule has 0 radical (unpaired) electrons. The van der Waals surface area contributed by atoms with E-state index in [4.69, 9.17) is 0 Å². The van der Waals surface area contributed by atoms with Crippen molar-refractivity contribution in [2.45, 2.75) is 58.4 Å². The van der Waals surface area contributed by atoms with Gasteiger partial charge < -0.3 is 14.9 Å². The van der Waals surface area contributed by atoms with Crippen LogP contribution in [0.15, 0.2) is 24.3 Å². The first-order chi connectivity index (χ1) is 13.9. The maximum absolute atomic E-state index is 13.3. The predicted octanol–water partition coefficient (Wildman–Crippen LogP) is 3.62. The van der Waals surface area contributed by atoms with E-state index in [9.17, 15) is 27.9 Å². The summed E-state index contributed by atoms with van der Waals surface area (Å²) < 4.78 is 39.4. The van der Waals surface area contributed by atoms with Crippen molar-refractivity contribution in [3.05, 3.63) is 35.4 Å². The Morgan fingerprint density at radius 3 is 2.47 bits per heavy atom. The third kappa shape index (κ3) is 4.79. The first-order valence-electron chi connectivity index (χ1n) is 10.3. The van der Waals surface area contributed by atoms with Gasteiger partial charge in [-0.15, -0.1) is 0 Å². The lowest BCUT2D eigenvalue weighted by molar-refractivity contribution is -0.145. The van der Waals surface area contributed by atoms with Crippen LogP contribution in [0.25, 0.3) is 0 Å². The number of hydrogen-bond acceptors (Lipinski definition) is 3. The van der Waals surface area contributed by atoms with E-state index < -0.39 is 35.2 Å². The molecule has 2 amide bonds. The molecule has 0 bridgehead atoms. The molecular weight excluding hydrogens is 397 g/mol. The van der Waals surface area contributed by atoms with E-state index in [1.165, 1.54) is 11.0 Å². The third-order valence-corrected chi connectivity index (χ3v) is 5.86. The summed E-state index contributed by atoms with van der Waals surface area (Å²) >= 11 is 0. The molecule has 1 aromatic carbocycles. The van der Waals surface area contributed by atoms with Crippen LogP contribution >= 0.6 is 0 Å². The summed E-state index contributed by atoms with van der Waals surface area (Å²) in [6.45, 7) is 6.49. The van der Waals surface area contributed by atoms with E-state index in [2.05, 4.69) is 0 Å². The molecule has 2 heterocycles. The van der Waals surface area contributed by atoms with Crippen LogP contribution in [0.3, 0.4) is 0 Å². The number of likely N-dealkylation sites (tertiary alicyclic amines) is 2. The van der Waals surface area contributed by atoms with Crippen LogP contribution in [0, 0.1) is 11.3 Å². The molecule has 3 atom stereocenters. The minimum atomic E-state index is -4.47. The number of piperidine rings is 1. The molecule has 166 valence electrons. The van der Waals surface area contributed by atoms with Gasteiger partial charge in [-0.3, -0.25) is 9.59 Å². The summed E-state index contributed by atoms with van der Waals surface area (Å²) in [5.74, 6) is -0.639. The van der Waals surface area contributed by atoms with E-state index >= 15 is 0 Å². The molecule has 2 fully saturated rings. The Morgan fingerprint density at radius 1 is 1.13 bits per heavy atom. The number of hydrogen-bond donors (Lipinski definition) is 1. The lowest BCUT2D eigenvalue weighted by atomic mass is 9.90. The highest BCUT2D eigenvalue weighted by Crippen LogP contribution is 2.37. The zero-order chi connectivity index (χ0) is 22.3. The Balaban J connectivity index is 1.80. The van der Waals surface area contributed by atoms with Gasteiger partial charge in [0.05, 0.1) is 23.6 Å². The monoisotopic (exact) mass is 426 g/mol. The number of nitrogens with zero attached hydrogens (tertiary/aromatic N) is 2. The average Bonchev–Trinajstić information content (AvgIpc) is 3.07. The van der Waals surface area contributed by atoms with Gasteiger partial charge in [0, 0.05) is 25.0 Å². The number of carbonyl (C=O) groups excluding carboxylic acids is 2. The number of halogens is 3. The molecule has 0 unspecified atom stereocenters. The normalized spacial score (nSPS) is 25.5. The van der Waals surface area contributed by atoms with E-state index in [1.54, 1.807) is 11.0 Å². The lowest BCUT2D eigenvalue weighted by Crippen LogP contribution is -2.49. The number of benzene rings is 1. The van der Waals surface area contributed by atoms with Gasteiger partial charge in [-0.05, 0) is 37.0 Å². The number of aliphatic hydroxyl groups is 1. The van der Waals surface area contributed by atoms with Crippen LogP contribution in [-0.2, 0) is 15.8 Å². The first kappa shape index (κ1) is 22.6. The Kier molecular flexibility index (Phi) is 6.18. The fourth-order valence-electron chi connectivity index (χ4n) is 4.37. The van der Waals surface area contributed by atoms with Gasteiger partial charge >= 0.3 is 6.18 Å². The minimum Gasteiger partial charge on any atom is -0.391 e. The van der Waals surface area contributed by atoms with E-state index in [-0.39, 0.29) is 24.8 Å². The Bertz CT molecular complexity index is 804. The fraction of sp³-hybridized carbons (Fsp3) is 0.636. The molecule has 1 N–H and O–H groups in total. The number of rotatable bonds is 2. The summed E-state index contributed by atoms with van der Waals surface area (Å²) in [6, 6.07) is 4.34. The molecule has 0 saturated carbocycles. The quantitative estimate of drug-likeness (QED) is 0.786. The van der Waals surface area contributed by atoms with E-state index in [1.807, 2.05) is 20.8 Å². The number of aliphatic hydroxyl groups excluding tert-OH is 1. The first-order valence-corrected chi connectivity index (χ1v) is 10.3. The van der Waals surface area contributed by atoms with Gasteiger partial charge in [0.25, 0.3) is 0 Å².